The average molecular weight is 884 g/mol. The lowest BCUT2D eigenvalue weighted by Crippen LogP contribution is -2.54. The van der Waals surface area contributed by atoms with Crippen LogP contribution in [-0.4, -0.2) is 143 Å². The minimum atomic E-state index is -1.04. The van der Waals surface area contributed by atoms with Crippen LogP contribution in [0.1, 0.15) is 77.3 Å². The Labute approximate surface area is 370 Å². The fourth-order valence-corrected chi connectivity index (χ4v) is 8.43. The summed E-state index contributed by atoms with van der Waals surface area (Å²) < 4.78 is 5.75. The van der Waals surface area contributed by atoms with Crippen molar-refractivity contribution < 1.29 is 33.5 Å². The molecule has 1 unspecified atom stereocenters. The highest BCUT2D eigenvalue weighted by Crippen LogP contribution is 2.32. The number of benzene rings is 2. The molecule has 0 saturated carbocycles. The number of aromatic nitrogens is 3. The molecule has 334 valence electrons. The Kier molecular flexibility index (Phi) is 15.3. The SMILES string of the molecule is NCCCN(CCCC(=O)N[C@@H](CCN1CCN(C(=O)CCOCCNc2cccc3c2C(=O)N(C2CCC(=O)NC2=O)C3=O)CC1)c1ccc(Cl)cc1)c1ncnc2[nH]ccc12. The monoisotopic (exact) mass is 883 g/mol. The van der Waals surface area contributed by atoms with E-state index in [4.69, 9.17) is 22.1 Å². The number of amides is 6. The van der Waals surface area contributed by atoms with Crippen molar-refractivity contribution in [1.82, 2.24) is 40.3 Å². The topological polar surface area (TPSA) is 228 Å². The van der Waals surface area contributed by atoms with Gasteiger partial charge in [-0.25, -0.2) is 9.97 Å². The maximum Gasteiger partial charge on any atom is 0.264 e. The molecule has 19 heteroatoms. The third kappa shape index (κ3) is 11.2. The molecule has 2 aromatic carbocycles. The second-order valence-electron chi connectivity index (χ2n) is 15.8. The molecule has 5 heterocycles. The lowest BCUT2D eigenvalue weighted by Gasteiger charge is -2.35. The van der Waals surface area contributed by atoms with E-state index in [1.807, 2.05) is 41.4 Å². The van der Waals surface area contributed by atoms with Gasteiger partial charge in [0.15, 0.2) is 0 Å². The van der Waals surface area contributed by atoms with Crippen molar-refractivity contribution in [2.45, 2.75) is 57.0 Å². The maximum absolute atomic E-state index is 13.4. The number of nitrogens with two attached hydrogens (primary N) is 1. The molecule has 7 rings (SSSR count). The molecular weight excluding hydrogens is 830 g/mol. The molecule has 6 N–H and O–H groups in total. The van der Waals surface area contributed by atoms with Gasteiger partial charge in [0.05, 0.1) is 42.2 Å². The first-order valence-electron chi connectivity index (χ1n) is 21.6. The van der Waals surface area contributed by atoms with Gasteiger partial charge in [0, 0.05) is 82.1 Å². The van der Waals surface area contributed by atoms with Crippen molar-refractivity contribution in [3.63, 3.8) is 0 Å². The standard InChI is InChI=1S/C44H54ClN11O7/c45-30-9-7-29(8-10-30)33(51-36(57)6-2-19-55(20-3-16-46)41-32-13-17-48-40(32)49-28-50-41)14-21-53-22-24-54(25-23-53)38(59)15-26-63-27-18-47-34-5-1-4-31-39(34)44(62)56(43(31)61)35-11-12-37(58)52-42(35)60/h1,4-5,7-10,13,17,28,33,35,47H,2-3,6,11-12,14-16,18-27,46H2,(H,51,57)(H,48,49,50)(H,52,58,60)/t33-,35?/m0/s1. The van der Waals surface area contributed by atoms with Crippen LogP contribution in [0.5, 0.6) is 0 Å². The normalized spacial score (nSPS) is 17.2. The van der Waals surface area contributed by atoms with Crippen molar-refractivity contribution >= 4 is 69.6 Å². The van der Waals surface area contributed by atoms with Gasteiger partial charge in [-0.1, -0.05) is 29.8 Å². The van der Waals surface area contributed by atoms with Gasteiger partial charge in [0.25, 0.3) is 11.8 Å². The number of halogens is 1. The molecule has 18 nitrogen and oxygen atoms in total. The second kappa shape index (κ2) is 21.4. The summed E-state index contributed by atoms with van der Waals surface area (Å²) in [6.07, 6.45) is 6.19. The highest BCUT2D eigenvalue weighted by Gasteiger charge is 2.45. The molecule has 3 aliphatic rings. The summed E-state index contributed by atoms with van der Waals surface area (Å²) in [6, 6.07) is 13.1. The summed E-state index contributed by atoms with van der Waals surface area (Å²) in [4.78, 5) is 96.2. The van der Waals surface area contributed by atoms with Gasteiger partial charge in [0.2, 0.25) is 23.6 Å². The number of hydrogen-bond acceptors (Lipinski definition) is 13. The van der Waals surface area contributed by atoms with Crippen LogP contribution in [0.4, 0.5) is 11.5 Å². The Morgan fingerprint density at radius 1 is 0.952 bits per heavy atom. The molecule has 4 aromatic rings. The van der Waals surface area contributed by atoms with Gasteiger partial charge in [0.1, 0.15) is 23.8 Å². The number of imide groups is 2. The van der Waals surface area contributed by atoms with Gasteiger partial charge in [-0.2, -0.15) is 0 Å². The van der Waals surface area contributed by atoms with Crippen molar-refractivity contribution in [3.05, 3.63) is 82.8 Å². The smallest absolute Gasteiger partial charge is 0.264 e. The number of nitrogens with zero attached hydrogens (tertiary/aromatic N) is 6. The summed E-state index contributed by atoms with van der Waals surface area (Å²) in [6.45, 7) is 6.02. The lowest BCUT2D eigenvalue weighted by atomic mass is 10.0. The number of carbonyl (C=O) groups excluding carboxylic acids is 6. The minimum absolute atomic E-state index is 0.00580. The molecule has 3 aliphatic heterocycles. The van der Waals surface area contributed by atoms with E-state index >= 15 is 0 Å². The van der Waals surface area contributed by atoms with Crippen LogP contribution in [0.25, 0.3) is 11.0 Å². The predicted octanol–water partition coefficient (Wildman–Crippen LogP) is 2.86. The largest absolute Gasteiger partial charge is 0.382 e. The molecule has 0 spiro atoms. The van der Waals surface area contributed by atoms with E-state index in [9.17, 15) is 28.8 Å². The van der Waals surface area contributed by atoms with Gasteiger partial charge < -0.3 is 35.9 Å². The molecule has 2 atom stereocenters. The quantitative estimate of drug-likeness (QED) is 0.0600. The summed E-state index contributed by atoms with van der Waals surface area (Å²) in [5.41, 5.74) is 8.39. The summed E-state index contributed by atoms with van der Waals surface area (Å²) in [7, 11) is 0. The summed E-state index contributed by atoms with van der Waals surface area (Å²) in [5, 5.41) is 10.2. The number of aromatic amines is 1. The summed E-state index contributed by atoms with van der Waals surface area (Å²) in [5.74, 6) is -1.46. The number of anilines is 2. The third-order valence-electron chi connectivity index (χ3n) is 11.7. The Balaban J connectivity index is 0.818. The Morgan fingerprint density at radius 2 is 1.75 bits per heavy atom. The highest BCUT2D eigenvalue weighted by molar-refractivity contribution is 6.30. The van der Waals surface area contributed by atoms with Crippen molar-refractivity contribution in [1.29, 1.82) is 0 Å². The minimum Gasteiger partial charge on any atom is -0.382 e. The van der Waals surface area contributed by atoms with Crippen LogP contribution in [0, 0.1) is 0 Å². The molecule has 0 aliphatic carbocycles. The molecule has 2 fully saturated rings. The third-order valence-corrected chi connectivity index (χ3v) is 11.9. The number of hydrogen-bond donors (Lipinski definition) is 5. The molecule has 0 bridgehead atoms. The fraction of sp³-hybridized carbons (Fsp3) is 0.455. The first-order chi connectivity index (χ1) is 30.6. The molecule has 2 aromatic heterocycles. The molecule has 0 radical (unpaired) electrons. The number of piperazine rings is 1. The van der Waals surface area contributed by atoms with E-state index in [0.717, 1.165) is 46.8 Å². The number of nitrogens with one attached hydrogen (secondary N) is 4. The zero-order valence-electron chi connectivity index (χ0n) is 35.2. The Hall–Kier alpha value is -5.95. The molecule has 2 saturated heterocycles. The number of piperidine rings is 1. The first-order valence-corrected chi connectivity index (χ1v) is 21.9. The number of carbonyl (C=O) groups is 6. The molecule has 6 amide bonds. The molecule has 63 heavy (non-hydrogen) atoms. The average Bonchev–Trinajstić information content (AvgIpc) is 3.87. The van der Waals surface area contributed by atoms with Crippen LogP contribution in [-0.2, 0) is 23.9 Å². The van der Waals surface area contributed by atoms with E-state index in [2.05, 4.69) is 40.7 Å². The van der Waals surface area contributed by atoms with E-state index in [-0.39, 0.29) is 61.5 Å². The maximum atomic E-state index is 13.4. The van der Waals surface area contributed by atoms with E-state index in [0.29, 0.717) is 75.8 Å². The summed E-state index contributed by atoms with van der Waals surface area (Å²) >= 11 is 6.21. The van der Waals surface area contributed by atoms with Crippen molar-refractivity contribution in [2.75, 3.05) is 82.3 Å². The fourth-order valence-electron chi connectivity index (χ4n) is 8.30. The van der Waals surface area contributed by atoms with Crippen molar-refractivity contribution in [3.8, 4) is 0 Å². The van der Waals surface area contributed by atoms with Crippen LogP contribution in [0.3, 0.4) is 0 Å². The number of fused-ring (bicyclic) bond motifs is 2. The first kappa shape index (κ1) is 45.1. The van der Waals surface area contributed by atoms with Gasteiger partial charge in [-0.3, -0.25) is 43.9 Å². The number of H-pyrrole nitrogens is 1. The van der Waals surface area contributed by atoms with Gasteiger partial charge in [-0.15, -0.1) is 0 Å². The predicted molar refractivity (Wildman–Crippen MR) is 236 cm³/mol. The molecular formula is C44H54ClN11O7. The number of rotatable bonds is 21. The lowest BCUT2D eigenvalue weighted by molar-refractivity contribution is -0.136. The van der Waals surface area contributed by atoms with Gasteiger partial charge in [-0.05, 0) is 68.1 Å². The zero-order chi connectivity index (χ0) is 44.3. The van der Waals surface area contributed by atoms with Crippen LogP contribution < -0.4 is 26.6 Å². The van der Waals surface area contributed by atoms with Crippen LogP contribution in [0.15, 0.2) is 61.1 Å². The van der Waals surface area contributed by atoms with Crippen LogP contribution >= 0.6 is 11.6 Å². The van der Waals surface area contributed by atoms with Gasteiger partial charge >= 0.3 is 0 Å². The van der Waals surface area contributed by atoms with Crippen molar-refractivity contribution in [2.24, 2.45) is 5.73 Å². The van der Waals surface area contributed by atoms with E-state index < -0.39 is 29.7 Å². The van der Waals surface area contributed by atoms with E-state index in [1.54, 1.807) is 24.5 Å². The zero-order valence-corrected chi connectivity index (χ0v) is 35.9. The Bertz CT molecular complexity index is 2280. The van der Waals surface area contributed by atoms with E-state index in [1.165, 1.54) is 0 Å². The number of ether oxygens (including phenoxy) is 1. The Morgan fingerprint density at radius 3 is 2.52 bits per heavy atom. The highest BCUT2D eigenvalue weighted by atomic mass is 35.5. The van der Waals surface area contributed by atoms with Crippen LogP contribution in [0.2, 0.25) is 5.02 Å². The second-order valence-corrected chi connectivity index (χ2v) is 16.3.